The minimum atomic E-state index is -5.12. The zero-order chi connectivity index (χ0) is 16.9. The van der Waals surface area contributed by atoms with Gasteiger partial charge in [-0.05, 0) is 13.0 Å². The summed E-state index contributed by atoms with van der Waals surface area (Å²) in [5.74, 6) is -3.10. The minimum absolute atomic E-state index is 0.140. The topological polar surface area (TPSA) is 68.6 Å². The van der Waals surface area contributed by atoms with Crippen molar-refractivity contribution in [2.24, 2.45) is 0 Å². The summed E-state index contributed by atoms with van der Waals surface area (Å²) in [6.07, 6.45) is -5.12. The van der Waals surface area contributed by atoms with Crippen molar-refractivity contribution in [1.82, 2.24) is 0 Å². The molecule has 1 aromatic rings. The van der Waals surface area contributed by atoms with E-state index in [0.717, 1.165) is 0 Å². The molecule has 0 N–H and O–H groups in total. The number of nitrogens with zero attached hydrogens (tertiary/aromatic N) is 1. The normalized spacial score (nSPS) is 11.0. The van der Waals surface area contributed by atoms with E-state index in [1.807, 2.05) is 0 Å². The molecule has 0 saturated carbocycles. The molecule has 10 heteroatoms. The highest BCUT2D eigenvalue weighted by Crippen LogP contribution is 2.33. The van der Waals surface area contributed by atoms with Gasteiger partial charge in [0.05, 0.1) is 12.2 Å². The molecule has 0 fully saturated rings. The van der Waals surface area contributed by atoms with Gasteiger partial charge >= 0.3 is 18.9 Å². The van der Waals surface area contributed by atoms with Gasteiger partial charge in [-0.15, -0.1) is 13.2 Å². The predicted molar refractivity (Wildman–Crippen MR) is 60.4 cm³/mol. The molecule has 0 unspecified atom stereocenters. The lowest BCUT2D eigenvalue weighted by molar-refractivity contribution is -0.274. The molecule has 0 aromatic heterocycles. The molecule has 1 aromatic carbocycles. The van der Waals surface area contributed by atoms with E-state index in [1.165, 1.54) is 13.0 Å². The number of carbonyl (C=O) groups is 1. The van der Waals surface area contributed by atoms with E-state index in [4.69, 9.17) is 5.26 Å². The summed E-state index contributed by atoms with van der Waals surface area (Å²) in [5.41, 5.74) is -1.37. The SMILES string of the molecule is CCOC(=O)c1cc(OC(F)(F)F)cc(OC(F)F)c1C#N. The van der Waals surface area contributed by atoms with Crippen LogP contribution in [0.1, 0.15) is 22.8 Å². The molecule has 5 nitrogen and oxygen atoms in total. The van der Waals surface area contributed by atoms with Gasteiger partial charge in [0.2, 0.25) is 0 Å². The fourth-order valence-corrected chi connectivity index (χ4v) is 1.46. The number of hydrogen-bond acceptors (Lipinski definition) is 5. The number of halogens is 5. The van der Waals surface area contributed by atoms with Crippen molar-refractivity contribution in [2.45, 2.75) is 19.9 Å². The number of carbonyl (C=O) groups excluding carboxylic acids is 1. The number of ether oxygens (including phenoxy) is 3. The number of rotatable bonds is 5. The molecule has 0 spiro atoms. The second-order valence-electron chi connectivity index (χ2n) is 3.60. The van der Waals surface area contributed by atoms with Gasteiger partial charge in [-0.25, -0.2) is 4.79 Å². The smallest absolute Gasteiger partial charge is 0.462 e. The predicted octanol–water partition coefficient (Wildman–Crippen LogP) is 3.23. The van der Waals surface area contributed by atoms with Gasteiger partial charge in [0.1, 0.15) is 23.1 Å². The quantitative estimate of drug-likeness (QED) is 0.614. The Kier molecular flexibility index (Phi) is 5.50. The molecule has 0 amide bonds. The number of benzene rings is 1. The summed E-state index contributed by atoms with van der Waals surface area (Å²) in [6.45, 7) is -2.14. The Morgan fingerprint density at radius 3 is 2.45 bits per heavy atom. The average Bonchev–Trinajstić information content (AvgIpc) is 2.35. The standard InChI is InChI=1S/C12H8F5NO4/c1-2-20-10(19)7-3-6(22-12(15,16)17)4-9(8(7)5-18)21-11(13)14/h3-4,11H,2H2,1H3. The lowest BCUT2D eigenvalue weighted by atomic mass is 10.1. The van der Waals surface area contributed by atoms with E-state index in [1.54, 1.807) is 0 Å². The Labute approximate surface area is 120 Å². The third-order valence-corrected chi connectivity index (χ3v) is 2.13. The van der Waals surface area contributed by atoms with Gasteiger partial charge in [-0.2, -0.15) is 14.0 Å². The fourth-order valence-electron chi connectivity index (χ4n) is 1.46. The average molecular weight is 325 g/mol. The molecular weight excluding hydrogens is 317 g/mol. The monoisotopic (exact) mass is 325 g/mol. The van der Waals surface area contributed by atoms with Crippen molar-refractivity contribution in [3.63, 3.8) is 0 Å². The van der Waals surface area contributed by atoms with E-state index in [-0.39, 0.29) is 6.61 Å². The van der Waals surface area contributed by atoms with E-state index in [2.05, 4.69) is 14.2 Å². The fraction of sp³-hybridized carbons (Fsp3) is 0.333. The largest absolute Gasteiger partial charge is 0.573 e. The molecular formula is C12H8F5NO4. The Morgan fingerprint density at radius 2 is 2.00 bits per heavy atom. The zero-order valence-electron chi connectivity index (χ0n) is 10.9. The first kappa shape index (κ1) is 17.5. The van der Waals surface area contributed by atoms with Gasteiger partial charge < -0.3 is 14.2 Å². The summed E-state index contributed by atoms with van der Waals surface area (Å²) in [4.78, 5) is 11.6. The number of esters is 1. The Hall–Kier alpha value is -2.57. The molecule has 120 valence electrons. The third-order valence-electron chi connectivity index (χ3n) is 2.13. The molecule has 22 heavy (non-hydrogen) atoms. The van der Waals surface area contributed by atoms with Gasteiger partial charge in [0, 0.05) is 6.07 Å². The van der Waals surface area contributed by atoms with E-state index >= 15 is 0 Å². The molecule has 0 saturated heterocycles. The molecule has 0 radical (unpaired) electrons. The highest BCUT2D eigenvalue weighted by Gasteiger charge is 2.32. The van der Waals surface area contributed by atoms with Crippen LogP contribution in [-0.2, 0) is 4.74 Å². The van der Waals surface area contributed by atoms with Crippen LogP contribution in [0.4, 0.5) is 22.0 Å². The molecule has 0 aliphatic heterocycles. The highest BCUT2D eigenvalue weighted by molar-refractivity contribution is 5.93. The lowest BCUT2D eigenvalue weighted by Gasteiger charge is -2.14. The molecule has 0 heterocycles. The van der Waals surface area contributed by atoms with Crippen LogP contribution in [0, 0.1) is 11.3 Å². The van der Waals surface area contributed by atoms with Gasteiger partial charge in [0.15, 0.2) is 0 Å². The van der Waals surface area contributed by atoms with Crippen molar-refractivity contribution >= 4 is 5.97 Å². The summed E-state index contributed by atoms with van der Waals surface area (Å²) in [6, 6.07) is 2.39. The van der Waals surface area contributed by atoms with Gasteiger partial charge in [-0.3, -0.25) is 0 Å². The summed E-state index contributed by atoms with van der Waals surface area (Å²) in [5, 5.41) is 8.91. The van der Waals surface area contributed by atoms with Crippen molar-refractivity contribution in [3.8, 4) is 17.6 Å². The second-order valence-corrected chi connectivity index (χ2v) is 3.60. The van der Waals surface area contributed by atoms with E-state index in [0.29, 0.717) is 12.1 Å². The first-order chi connectivity index (χ1) is 10.2. The number of nitriles is 1. The Morgan fingerprint density at radius 1 is 1.36 bits per heavy atom. The van der Waals surface area contributed by atoms with Crippen LogP contribution in [0.5, 0.6) is 11.5 Å². The van der Waals surface area contributed by atoms with Gasteiger partial charge in [0.25, 0.3) is 0 Å². The molecule has 0 aliphatic rings. The molecule has 0 aliphatic carbocycles. The van der Waals surface area contributed by atoms with Crippen molar-refractivity contribution in [3.05, 3.63) is 23.3 Å². The maximum Gasteiger partial charge on any atom is 0.573 e. The van der Waals surface area contributed by atoms with Crippen LogP contribution in [-0.4, -0.2) is 25.6 Å². The Balaban J connectivity index is 3.41. The summed E-state index contributed by atoms with van der Waals surface area (Å²) < 4.78 is 73.2. The summed E-state index contributed by atoms with van der Waals surface area (Å²) in [7, 11) is 0. The molecule has 0 atom stereocenters. The van der Waals surface area contributed by atoms with Crippen molar-refractivity contribution in [2.75, 3.05) is 6.61 Å². The second kappa shape index (κ2) is 6.93. The van der Waals surface area contributed by atoms with Crippen LogP contribution < -0.4 is 9.47 Å². The highest BCUT2D eigenvalue weighted by atomic mass is 19.4. The zero-order valence-corrected chi connectivity index (χ0v) is 10.9. The Bertz CT molecular complexity index is 594. The third kappa shape index (κ3) is 4.76. The lowest BCUT2D eigenvalue weighted by Crippen LogP contribution is -2.18. The van der Waals surface area contributed by atoms with Gasteiger partial charge in [-0.1, -0.05) is 0 Å². The van der Waals surface area contributed by atoms with Crippen LogP contribution in [0.25, 0.3) is 0 Å². The van der Waals surface area contributed by atoms with Crippen molar-refractivity contribution < 1.29 is 41.0 Å². The van der Waals surface area contributed by atoms with Crippen molar-refractivity contribution in [1.29, 1.82) is 5.26 Å². The minimum Gasteiger partial charge on any atom is -0.462 e. The number of alkyl halides is 5. The van der Waals surface area contributed by atoms with E-state index < -0.39 is 41.6 Å². The first-order valence-electron chi connectivity index (χ1n) is 5.63. The number of hydrogen-bond donors (Lipinski definition) is 0. The summed E-state index contributed by atoms with van der Waals surface area (Å²) >= 11 is 0. The molecule has 0 bridgehead atoms. The van der Waals surface area contributed by atoms with Crippen LogP contribution in [0.3, 0.4) is 0 Å². The van der Waals surface area contributed by atoms with Crippen LogP contribution in [0.15, 0.2) is 12.1 Å². The van der Waals surface area contributed by atoms with Crippen LogP contribution >= 0.6 is 0 Å². The van der Waals surface area contributed by atoms with E-state index in [9.17, 15) is 26.7 Å². The first-order valence-corrected chi connectivity index (χ1v) is 5.63. The maximum absolute atomic E-state index is 12.3. The maximum atomic E-state index is 12.3. The molecule has 1 rings (SSSR count). The van der Waals surface area contributed by atoms with Crippen LogP contribution in [0.2, 0.25) is 0 Å².